The number of aromatic carboxylic acids is 1. The molecular weight excluding hydrogens is 318 g/mol. The van der Waals surface area contributed by atoms with Crippen molar-refractivity contribution in [3.05, 3.63) is 71.8 Å². The van der Waals surface area contributed by atoms with Crippen molar-refractivity contribution in [2.45, 2.75) is 4.90 Å². The average Bonchev–Trinajstić information content (AvgIpc) is 2.55. The third-order valence-corrected chi connectivity index (χ3v) is 4.43. The van der Waals surface area contributed by atoms with Crippen LogP contribution < -0.4 is 5.36 Å². The summed E-state index contributed by atoms with van der Waals surface area (Å²) in [6.07, 6.45) is 0. The highest BCUT2D eigenvalue weighted by Crippen LogP contribution is 2.14. The van der Waals surface area contributed by atoms with Crippen LogP contribution in [0.2, 0.25) is 0 Å². The lowest BCUT2D eigenvalue weighted by Crippen LogP contribution is -2.11. The Labute approximate surface area is 131 Å². The normalized spacial score (nSPS) is 12.4. The molecule has 0 saturated heterocycles. The number of fused-ring (bicyclic) bond motifs is 1. The minimum Gasteiger partial charge on any atom is -0.475 e. The fourth-order valence-electron chi connectivity index (χ4n) is 2.07. The smallest absolute Gasteiger partial charge is 0.371 e. The number of sulfonamides is 1. The zero-order chi connectivity index (χ0) is 16.4. The Morgan fingerprint density at radius 1 is 1.00 bits per heavy atom. The van der Waals surface area contributed by atoms with Crippen LogP contribution in [0, 0.1) is 0 Å². The van der Waals surface area contributed by atoms with Crippen molar-refractivity contribution in [3.63, 3.8) is 0 Å². The maximum absolute atomic E-state index is 12.4. The van der Waals surface area contributed by atoms with E-state index in [1.807, 2.05) is 0 Å². The van der Waals surface area contributed by atoms with Crippen LogP contribution in [0.5, 0.6) is 0 Å². The molecule has 0 aliphatic carbocycles. The first-order valence-corrected chi connectivity index (χ1v) is 8.04. The van der Waals surface area contributed by atoms with Gasteiger partial charge in [0.05, 0.1) is 10.3 Å². The molecule has 0 amide bonds. The van der Waals surface area contributed by atoms with Crippen molar-refractivity contribution in [1.29, 1.82) is 0 Å². The molecule has 2 aromatic carbocycles. The van der Waals surface area contributed by atoms with E-state index in [2.05, 4.69) is 4.40 Å². The van der Waals surface area contributed by atoms with Gasteiger partial charge in [-0.15, -0.1) is 0 Å². The number of nitrogens with zero attached hydrogens (tertiary/aromatic N) is 1. The summed E-state index contributed by atoms with van der Waals surface area (Å²) in [4.78, 5) is 11.2. The highest BCUT2D eigenvalue weighted by atomic mass is 32.2. The SMILES string of the molecule is O=C(O)c1cc(=NS(=O)(=O)c2ccccc2)c2ccccc2o1. The van der Waals surface area contributed by atoms with E-state index in [4.69, 9.17) is 9.52 Å². The number of rotatable bonds is 3. The van der Waals surface area contributed by atoms with Gasteiger partial charge >= 0.3 is 5.97 Å². The lowest BCUT2D eigenvalue weighted by molar-refractivity contribution is 0.0663. The molecule has 0 unspecified atom stereocenters. The molecule has 0 fully saturated rings. The lowest BCUT2D eigenvalue weighted by Gasteiger charge is -2.02. The number of carboxylic acids is 1. The van der Waals surface area contributed by atoms with Crippen LogP contribution >= 0.6 is 0 Å². The number of hydrogen-bond donors (Lipinski definition) is 1. The van der Waals surface area contributed by atoms with Crippen LogP contribution in [0.4, 0.5) is 0 Å². The molecule has 0 spiro atoms. The van der Waals surface area contributed by atoms with E-state index in [9.17, 15) is 13.2 Å². The van der Waals surface area contributed by atoms with Gasteiger partial charge in [-0.1, -0.05) is 30.3 Å². The molecular formula is C16H11NO5S. The van der Waals surface area contributed by atoms with Crippen LogP contribution in [0.15, 0.2) is 74.4 Å². The summed E-state index contributed by atoms with van der Waals surface area (Å²) in [5.74, 6) is -1.69. The summed E-state index contributed by atoms with van der Waals surface area (Å²) in [5, 5.41) is 9.53. The monoisotopic (exact) mass is 329 g/mol. The Morgan fingerprint density at radius 3 is 2.35 bits per heavy atom. The predicted octanol–water partition coefficient (Wildman–Crippen LogP) is 2.42. The fraction of sp³-hybridized carbons (Fsp3) is 0. The van der Waals surface area contributed by atoms with Gasteiger partial charge in [-0.25, -0.2) is 4.79 Å². The lowest BCUT2D eigenvalue weighted by atomic mass is 10.2. The van der Waals surface area contributed by atoms with Crippen molar-refractivity contribution >= 4 is 27.0 Å². The van der Waals surface area contributed by atoms with Crippen molar-refractivity contribution in [2.75, 3.05) is 0 Å². The van der Waals surface area contributed by atoms with E-state index in [1.165, 1.54) is 12.1 Å². The van der Waals surface area contributed by atoms with Crippen molar-refractivity contribution in [1.82, 2.24) is 0 Å². The molecule has 116 valence electrons. The highest BCUT2D eigenvalue weighted by molar-refractivity contribution is 7.90. The van der Waals surface area contributed by atoms with Crippen molar-refractivity contribution in [3.8, 4) is 0 Å². The minimum atomic E-state index is -3.96. The Hall–Kier alpha value is -2.93. The molecule has 1 aromatic heterocycles. The zero-order valence-electron chi connectivity index (χ0n) is 11.7. The van der Waals surface area contributed by atoms with Crippen LogP contribution in [-0.4, -0.2) is 19.5 Å². The second kappa shape index (κ2) is 5.69. The van der Waals surface area contributed by atoms with E-state index in [1.54, 1.807) is 42.5 Å². The van der Waals surface area contributed by atoms with E-state index in [0.29, 0.717) is 5.39 Å². The molecule has 0 saturated carbocycles. The first kappa shape index (κ1) is 15.0. The van der Waals surface area contributed by atoms with Gasteiger partial charge in [0.2, 0.25) is 5.76 Å². The third kappa shape index (κ3) is 3.00. The fourth-order valence-corrected chi connectivity index (χ4v) is 3.09. The van der Waals surface area contributed by atoms with Crippen molar-refractivity contribution < 1.29 is 22.7 Å². The maximum Gasteiger partial charge on any atom is 0.371 e. The third-order valence-electron chi connectivity index (χ3n) is 3.12. The van der Waals surface area contributed by atoms with E-state index in [-0.39, 0.29) is 21.6 Å². The van der Waals surface area contributed by atoms with Gasteiger partial charge in [0.1, 0.15) is 5.58 Å². The number of carbonyl (C=O) groups is 1. The van der Waals surface area contributed by atoms with Gasteiger partial charge < -0.3 is 9.52 Å². The second-order valence-corrected chi connectivity index (χ2v) is 6.28. The van der Waals surface area contributed by atoms with Gasteiger partial charge in [0, 0.05) is 11.5 Å². The highest BCUT2D eigenvalue weighted by Gasteiger charge is 2.14. The predicted molar refractivity (Wildman–Crippen MR) is 82.4 cm³/mol. The molecule has 0 aliphatic rings. The van der Waals surface area contributed by atoms with E-state index < -0.39 is 16.0 Å². The quantitative estimate of drug-likeness (QED) is 0.796. The largest absolute Gasteiger partial charge is 0.475 e. The molecule has 3 rings (SSSR count). The molecule has 0 bridgehead atoms. The summed E-state index contributed by atoms with van der Waals surface area (Å²) >= 11 is 0. The zero-order valence-corrected chi connectivity index (χ0v) is 12.5. The van der Waals surface area contributed by atoms with Crippen molar-refractivity contribution in [2.24, 2.45) is 4.40 Å². The summed E-state index contributed by atoms with van der Waals surface area (Å²) in [7, 11) is -3.96. The van der Waals surface area contributed by atoms with Gasteiger partial charge in [-0.3, -0.25) is 0 Å². The molecule has 6 nitrogen and oxygen atoms in total. The molecule has 3 aromatic rings. The molecule has 0 atom stereocenters. The Balaban J connectivity index is 2.33. The van der Waals surface area contributed by atoms with Crippen LogP contribution in [-0.2, 0) is 10.0 Å². The molecule has 7 heteroatoms. The topological polar surface area (TPSA) is 96.9 Å². The standard InChI is InChI=1S/C16H11NO5S/c18-16(19)15-10-13(12-8-4-5-9-14(12)22-15)17-23(20,21)11-6-2-1-3-7-11/h1-10H,(H,18,19). The Bertz CT molecular complexity index is 1050. The molecule has 23 heavy (non-hydrogen) atoms. The minimum absolute atomic E-state index is 0.0214. The number of para-hydroxylation sites is 1. The average molecular weight is 329 g/mol. The van der Waals surface area contributed by atoms with Gasteiger partial charge in [-0.05, 0) is 24.3 Å². The van der Waals surface area contributed by atoms with Crippen LogP contribution in [0.1, 0.15) is 10.6 Å². The van der Waals surface area contributed by atoms with Crippen LogP contribution in [0.25, 0.3) is 11.0 Å². The first-order chi connectivity index (χ1) is 11.0. The van der Waals surface area contributed by atoms with E-state index in [0.717, 1.165) is 6.07 Å². The van der Waals surface area contributed by atoms with Crippen LogP contribution in [0.3, 0.4) is 0 Å². The summed E-state index contributed by atoms with van der Waals surface area (Å²) < 4.78 is 33.8. The molecule has 0 radical (unpaired) electrons. The molecule has 1 N–H and O–H groups in total. The molecule has 0 aliphatic heterocycles. The second-order valence-electron chi connectivity index (χ2n) is 4.68. The summed E-state index contributed by atoms with van der Waals surface area (Å²) in [6.45, 7) is 0. The van der Waals surface area contributed by atoms with Gasteiger partial charge in [-0.2, -0.15) is 12.8 Å². The number of hydrogen-bond acceptors (Lipinski definition) is 4. The molecule has 1 heterocycles. The first-order valence-electron chi connectivity index (χ1n) is 6.60. The van der Waals surface area contributed by atoms with E-state index >= 15 is 0 Å². The summed E-state index contributed by atoms with van der Waals surface area (Å²) in [5.41, 5.74) is 0.245. The van der Waals surface area contributed by atoms with Gasteiger partial charge in [0.25, 0.3) is 10.0 Å². The number of carboxylic acid groups (broad SMARTS) is 1. The summed E-state index contributed by atoms with van der Waals surface area (Å²) in [6, 6.07) is 15.3. The Kier molecular flexibility index (Phi) is 3.71. The maximum atomic E-state index is 12.4. The Morgan fingerprint density at radius 2 is 1.65 bits per heavy atom. The van der Waals surface area contributed by atoms with Gasteiger partial charge in [0.15, 0.2) is 0 Å². The number of benzene rings is 2.